The number of aromatic nitrogens is 2. The molecule has 0 bridgehead atoms. The van der Waals surface area contributed by atoms with Crippen LogP contribution in [-0.4, -0.2) is 16.0 Å². The van der Waals surface area contributed by atoms with Gasteiger partial charge in [0.1, 0.15) is 5.69 Å². The van der Waals surface area contributed by atoms with Crippen molar-refractivity contribution in [1.29, 1.82) is 0 Å². The monoisotopic (exact) mass is 344 g/mol. The number of rotatable bonds is 4. The van der Waals surface area contributed by atoms with Crippen LogP contribution in [-0.2, 0) is 6.54 Å². The third kappa shape index (κ3) is 4.06. The summed E-state index contributed by atoms with van der Waals surface area (Å²) in [7, 11) is 0. The molecule has 0 saturated heterocycles. The number of halogens is 1. The SMILES string of the molecule is O=C(NCc1ccccc1Cl)Nc1nc(-c2ccccn2)cs1. The Morgan fingerprint density at radius 2 is 1.96 bits per heavy atom. The van der Waals surface area contributed by atoms with Crippen molar-refractivity contribution in [2.75, 3.05) is 5.32 Å². The second kappa shape index (κ2) is 7.21. The average molecular weight is 345 g/mol. The lowest BCUT2D eigenvalue weighted by molar-refractivity contribution is 0.251. The van der Waals surface area contributed by atoms with Crippen LogP contribution in [0.4, 0.5) is 9.93 Å². The van der Waals surface area contributed by atoms with Crippen molar-refractivity contribution in [3.8, 4) is 11.4 Å². The molecule has 2 amide bonds. The summed E-state index contributed by atoms with van der Waals surface area (Å²) in [6, 6.07) is 12.7. The summed E-state index contributed by atoms with van der Waals surface area (Å²) in [5.74, 6) is 0. The Morgan fingerprint density at radius 3 is 2.74 bits per heavy atom. The predicted octanol–water partition coefficient (Wildman–Crippen LogP) is 4.18. The number of amides is 2. The highest BCUT2D eigenvalue weighted by Gasteiger charge is 2.08. The fourth-order valence-corrected chi connectivity index (χ4v) is 2.82. The van der Waals surface area contributed by atoms with Crippen molar-refractivity contribution >= 4 is 34.1 Å². The molecule has 3 rings (SSSR count). The minimum atomic E-state index is -0.327. The third-order valence-electron chi connectivity index (χ3n) is 3.05. The lowest BCUT2D eigenvalue weighted by atomic mass is 10.2. The number of thiazole rings is 1. The Hall–Kier alpha value is -2.44. The summed E-state index contributed by atoms with van der Waals surface area (Å²) in [6.07, 6.45) is 1.71. The molecule has 0 spiro atoms. The molecular formula is C16H13ClN4OS. The number of benzene rings is 1. The maximum atomic E-state index is 11.9. The molecule has 0 aliphatic carbocycles. The first-order valence-electron chi connectivity index (χ1n) is 6.87. The number of carbonyl (C=O) groups is 1. The number of urea groups is 1. The lowest BCUT2D eigenvalue weighted by Crippen LogP contribution is -2.28. The zero-order valence-electron chi connectivity index (χ0n) is 12.0. The first-order chi connectivity index (χ1) is 11.2. The van der Waals surface area contributed by atoms with Gasteiger partial charge in [-0.1, -0.05) is 35.9 Å². The Kier molecular flexibility index (Phi) is 4.85. The highest BCUT2D eigenvalue weighted by molar-refractivity contribution is 7.14. The van der Waals surface area contributed by atoms with Crippen LogP contribution in [0.5, 0.6) is 0 Å². The zero-order chi connectivity index (χ0) is 16.1. The second-order valence-electron chi connectivity index (χ2n) is 4.65. The average Bonchev–Trinajstić information content (AvgIpc) is 3.03. The molecule has 0 fully saturated rings. The van der Waals surface area contributed by atoms with Crippen molar-refractivity contribution in [2.24, 2.45) is 0 Å². The van der Waals surface area contributed by atoms with Crippen LogP contribution in [0.2, 0.25) is 5.02 Å². The van der Waals surface area contributed by atoms with Crippen LogP contribution in [0.15, 0.2) is 54.0 Å². The van der Waals surface area contributed by atoms with Crippen LogP contribution in [0, 0.1) is 0 Å². The minimum absolute atomic E-state index is 0.327. The van der Waals surface area contributed by atoms with Gasteiger partial charge in [-0.2, -0.15) is 0 Å². The highest BCUT2D eigenvalue weighted by Crippen LogP contribution is 2.23. The number of carbonyl (C=O) groups excluding carboxylic acids is 1. The molecule has 5 nitrogen and oxygen atoms in total. The molecule has 2 aromatic heterocycles. The quantitative estimate of drug-likeness (QED) is 0.746. The van der Waals surface area contributed by atoms with Gasteiger partial charge in [0.15, 0.2) is 5.13 Å². The normalized spacial score (nSPS) is 10.3. The summed E-state index contributed by atoms with van der Waals surface area (Å²) in [5, 5.41) is 8.46. The molecule has 1 aromatic carbocycles. The molecule has 2 heterocycles. The topological polar surface area (TPSA) is 66.9 Å². The summed E-state index contributed by atoms with van der Waals surface area (Å²) in [4.78, 5) is 20.5. The lowest BCUT2D eigenvalue weighted by Gasteiger charge is -2.06. The van der Waals surface area contributed by atoms with Gasteiger partial charge in [-0.05, 0) is 23.8 Å². The first-order valence-corrected chi connectivity index (χ1v) is 8.13. The smallest absolute Gasteiger partial charge is 0.321 e. The maximum absolute atomic E-state index is 11.9. The van der Waals surface area contributed by atoms with Crippen molar-refractivity contribution in [1.82, 2.24) is 15.3 Å². The van der Waals surface area contributed by atoms with Gasteiger partial charge in [-0.25, -0.2) is 9.78 Å². The fourth-order valence-electron chi connectivity index (χ4n) is 1.92. The molecular weight excluding hydrogens is 332 g/mol. The van der Waals surface area contributed by atoms with Crippen molar-refractivity contribution < 1.29 is 4.79 Å². The van der Waals surface area contributed by atoms with Crippen LogP contribution in [0.1, 0.15) is 5.56 Å². The van der Waals surface area contributed by atoms with Gasteiger partial charge in [0, 0.05) is 23.1 Å². The number of hydrogen-bond donors (Lipinski definition) is 2. The van der Waals surface area contributed by atoms with Gasteiger partial charge >= 0.3 is 6.03 Å². The summed E-state index contributed by atoms with van der Waals surface area (Å²) in [5.41, 5.74) is 2.36. The molecule has 23 heavy (non-hydrogen) atoms. The summed E-state index contributed by atoms with van der Waals surface area (Å²) >= 11 is 7.40. The van der Waals surface area contributed by atoms with Gasteiger partial charge in [0.25, 0.3) is 0 Å². The number of hydrogen-bond acceptors (Lipinski definition) is 4. The molecule has 116 valence electrons. The molecule has 0 aliphatic heterocycles. The Bertz CT molecular complexity index is 807. The van der Waals surface area contributed by atoms with Crippen molar-refractivity contribution in [3.63, 3.8) is 0 Å². The van der Waals surface area contributed by atoms with Crippen molar-refractivity contribution in [2.45, 2.75) is 6.54 Å². The van der Waals surface area contributed by atoms with Crippen molar-refractivity contribution in [3.05, 3.63) is 64.6 Å². The van der Waals surface area contributed by atoms with E-state index in [9.17, 15) is 4.79 Å². The van der Waals surface area contributed by atoms with E-state index in [0.717, 1.165) is 17.0 Å². The fraction of sp³-hybridized carbons (Fsp3) is 0.0625. The first kappa shape index (κ1) is 15.5. The largest absolute Gasteiger partial charge is 0.334 e. The van der Waals surface area contributed by atoms with Crippen LogP contribution in [0.3, 0.4) is 0 Å². The Morgan fingerprint density at radius 1 is 1.13 bits per heavy atom. The third-order valence-corrected chi connectivity index (χ3v) is 4.18. The molecule has 0 radical (unpaired) electrons. The minimum Gasteiger partial charge on any atom is -0.334 e. The van der Waals surface area contributed by atoms with Crippen LogP contribution < -0.4 is 10.6 Å². The van der Waals surface area contributed by atoms with E-state index in [-0.39, 0.29) is 6.03 Å². The van der Waals surface area contributed by atoms with E-state index in [1.54, 1.807) is 12.3 Å². The van der Waals surface area contributed by atoms with Crippen LogP contribution >= 0.6 is 22.9 Å². The Balaban J connectivity index is 1.58. The summed E-state index contributed by atoms with van der Waals surface area (Å²) < 4.78 is 0. The van der Waals surface area contributed by atoms with Crippen LogP contribution in [0.25, 0.3) is 11.4 Å². The van der Waals surface area contributed by atoms with E-state index >= 15 is 0 Å². The zero-order valence-corrected chi connectivity index (χ0v) is 13.6. The Labute approximate surface area is 142 Å². The number of nitrogens with one attached hydrogen (secondary N) is 2. The van der Waals surface area contributed by atoms with E-state index in [1.165, 1.54) is 11.3 Å². The van der Waals surface area contributed by atoms with E-state index in [4.69, 9.17) is 11.6 Å². The molecule has 3 aromatic rings. The standard InChI is InChI=1S/C16H13ClN4OS/c17-12-6-2-1-5-11(12)9-19-15(22)21-16-20-14(10-23-16)13-7-3-4-8-18-13/h1-8,10H,9H2,(H2,19,20,21,22). The van der Waals surface area contributed by atoms with Gasteiger partial charge < -0.3 is 5.32 Å². The van der Waals surface area contributed by atoms with E-state index in [1.807, 2.05) is 41.8 Å². The van der Waals surface area contributed by atoms with Gasteiger partial charge in [0.05, 0.1) is 5.69 Å². The predicted molar refractivity (Wildman–Crippen MR) is 92.7 cm³/mol. The molecule has 7 heteroatoms. The molecule has 2 N–H and O–H groups in total. The number of anilines is 1. The molecule has 0 unspecified atom stereocenters. The van der Waals surface area contributed by atoms with E-state index < -0.39 is 0 Å². The van der Waals surface area contributed by atoms with E-state index in [0.29, 0.717) is 16.7 Å². The second-order valence-corrected chi connectivity index (χ2v) is 5.92. The summed E-state index contributed by atoms with van der Waals surface area (Å²) in [6.45, 7) is 0.351. The van der Waals surface area contributed by atoms with Gasteiger partial charge in [-0.3, -0.25) is 10.3 Å². The van der Waals surface area contributed by atoms with E-state index in [2.05, 4.69) is 20.6 Å². The van der Waals surface area contributed by atoms with Gasteiger partial charge in [-0.15, -0.1) is 11.3 Å². The highest BCUT2D eigenvalue weighted by atomic mass is 35.5. The molecule has 0 saturated carbocycles. The molecule has 0 atom stereocenters. The molecule has 0 aliphatic rings. The maximum Gasteiger partial charge on any atom is 0.321 e. The van der Waals surface area contributed by atoms with Gasteiger partial charge in [0.2, 0.25) is 0 Å². The number of pyridine rings is 1. The number of nitrogens with zero attached hydrogens (tertiary/aromatic N) is 2.